The van der Waals surface area contributed by atoms with E-state index in [2.05, 4.69) is 34.7 Å². The van der Waals surface area contributed by atoms with E-state index in [1.807, 2.05) is 30.3 Å². The van der Waals surface area contributed by atoms with Crippen LogP contribution in [0.3, 0.4) is 0 Å². The van der Waals surface area contributed by atoms with Gasteiger partial charge in [-0.05, 0) is 47.0 Å². The molecule has 0 aliphatic carbocycles. The Morgan fingerprint density at radius 3 is 2.55 bits per heavy atom. The maximum absolute atomic E-state index is 13.6. The van der Waals surface area contributed by atoms with Crippen molar-refractivity contribution in [3.63, 3.8) is 0 Å². The van der Waals surface area contributed by atoms with Crippen molar-refractivity contribution >= 4 is 43.1 Å². The fraction of sp³-hybridized carbons (Fsp3) is 0.435. The van der Waals surface area contributed by atoms with E-state index in [9.17, 15) is 13.2 Å². The normalized spacial score (nSPS) is 20.0. The van der Waals surface area contributed by atoms with Crippen molar-refractivity contribution in [2.24, 2.45) is 5.41 Å². The number of hydrogen-bond acceptors (Lipinski definition) is 5. The van der Waals surface area contributed by atoms with Crippen LogP contribution in [0.25, 0.3) is 0 Å². The number of ether oxygens (including phenoxy) is 1. The van der Waals surface area contributed by atoms with E-state index < -0.39 is 27.8 Å². The molecule has 2 aromatic rings. The summed E-state index contributed by atoms with van der Waals surface area (Å²) < 4.78 is 33.1. The second-order valence-electron chi connectivity index (χ2n) is 8.07. The Morgan fingerprint density at radius 2 is 1.94 bits per heavy atom. The number of fused-ring (bicyclic) bond motifs is 1. The summed E-state index contributed by atoms with van der Waals surface area (Å²) in [6, 6.07) is 12.9. The minimum absolute atomic E-state index is 0.0484. The van der Waals surface area contributed by atoms with Crippen molar-refractivity contribution in [2.75, 3.05) is 23.8 Å². The fourth-order valence-corrected chi connectivity index (χ4v) is 6.73. The first-order valence-electron chi connectivity index (χ1n) is 10.4. The predicted molar refractivity (Wildman–Crippen MR) is 125 cm³/mol. The van der Waals surface area contributed by atoms with Gasteiger partial charge in [-0.25, -0.2) is 13.2 Å². The highest BCUT2D eigenvalue weighted by Gasteiger charge is 2.41. The van der Waals surface area contributed by atoms with Gasteiger partial charge in [0.1, 0.15) is 5.75 Å². The zero-order valence-electron chi connectivity index (χ0n) is 17.8. The van der Waals surface area contributed by atoms with Gasteiger partial charge in [-0.15, -0.1) is 0 Å². The first kappa shape index (κ1) is 23.6. The number of unbranched alkanes of at least 4 members (excludes halogenated alkanes) is 1. The van der Waals surface area contributed by atoms with E-state index in [-0.39, 0.29) is 16.4 Å². The molecule has 0 saturated carbocycles. The lowest BCUT2D eigenvalue weighted by atomic mass is 9.81. The van der Waals surface area contributed by atoms with Crippen molar-refractivity contribution in [2.45, 2.75) is 44.4 Å². The first-order chi connectivity index (χ1) is 14.7. The molecule has 0 saturated heterocycles. The van der Waals surface area contributed by atoms with E-state index >= 15 is 0 Å². The highest BCUT2D eigenvalue weighted by Crippen LogP contribution is 2.46. The number of hydrogen-bond donors (Lipinski definition) is 1. The minimum Gasteiger partial charge on any atom is -0.481 e. The molecule has 6 nitrogen and oxygen atoms in total. The predicted octanol–water partition coefficient (Wildman–Crippen LogP) is 5.42. The summed E-state index contributed by atoms with van der Waals surface area (Å²) >= 11 is 3.44. The van der Waals surface area contributed by atoms with Gasteiger partial charge < -0.3 is 14.7 Å². The van der Waals surface area contributed by atoms with Crippen LogP contribution in [0.4, 0.5) is 11.4 Å². The van der Waals surface area contributed by atoms with Crippen LogP contribution in [0.5, 0.6) is 5.75 Å². The summed E-state index contributed by atoms with van der Waals surface area (Å²) in [5.41, 5.74) is 1.10. The topological polar surface area (TPSA) is 83.9 Å². The van der Waals surface area contributed by atoms with E-state index in [1.54, 1.807) is 6.07 Å². The summed E-state index contributed by atoms with van der Waals surface area (Å²) in [7, 11) is -3.64. The number of aliphatic carboxylic acids is 1. The van der Waals surface area contributed by atoms with Crippen LogP contribution in [0.2, 0.25) is 0 Å². The molecule has 1 aliphatic heterocycles. The van der Waals surface area contributed by atoms with E-state index in [4.69, 9.17) is 9.84 Å². The van der Waals surface area contributed by atoms with Gasteiger partial charge in [-0.3, -0.25) is 0 Å². The van der Waals surface area contributed by atoms with Crippen LogP contribution in [0, 0.1) is 5.41 Å². The van der Waals surface area contributed by atoms with Gasteiger partial charge >= 0.3 is 5.97 Å². The fourth-order valence-electron chi connectivity index (χ4n) is 4.11. The molecule has 0 amide bonds. The number of carboxylic acid groups (broad SMARTS) is 1. The third-order valence-electron chi connectivity index (χ3n) is 5.86. The van der Waals surface area contributed by atoms with Crippen molar-refractivity contribution in [1.82, 2.24) is 0 Å². The van der Waals surface area contributed by atoms with Gasteiger partial charge in [0.2, 0.25) is 0 Å². The van der Waals surface area contributed by atoms with Crippen LogP contribution in [-0.2, 0) is 14.6 Å². The van der Waals surface area contributed by atoms with Gasteiger partial charge in [-0.2, -0.15) is 0 Å². The van der Waals surface area contributed by atoms with E-state index in [0.29, 0.717) is 16.7 Å². The number of nitrogens with zero attached hydrogens (tertiary/aromatic N) is 1. The van der Waals surface area contributed by atoms with Gasteiger partial charge in [-0.1, -0.05) is 44.9 Å². The Bertz CT molecular complexity index is 1040. The van der Waals surface area contributed by atoms with Gasteiger partial charge in [0.05, 0.1) is 20.8 Å². The first-order valence-corrected chi connectivity index (χ1v) is 12.9. The number of rotatable bonds is 8. The number of sulfone groups is 1. The summed E-state index contributed by atoms with van der Waals surface area (Å²) in [5.74, 6) is -0.872. The van der Waals surface area contributed by atoms with Crippen LogP contribution < -0.4 is 9.64 Å². The summed E-state index contributed by atoms with van der Waals surface area (Å²) in [6.07, 6.45) is 3.52. The lowest BCUT2D eigenvalue weighted by Gasteiger charge is -2.36. The number of para-hydroxylation sites is 1. The SMILES string of the molecule is CCCC[C@@]1(CC)CN(c2ccccc2)c2cc(Br)c(OCC(=O)O)cc2S(=O)(=O)C1. The molecule has 0 bridgehead atoms. The molecule has 1 atom stereocenters. The van der Waals surface area contributed by atoms with E-state index in [1.165, 1.54) is 6.07 Å². The van der Waals surface area contributed by atoms with Gasteiger partial charge in [0, 0.05) is 23.7 Å². The third kappa shape index (κ3) is 5.23. The standard InChI is InChI=1S/C23H28BrNO5S/c1-3-5-11-23(4-2)15-25(17-9-7-6-8-10-17)19-12-18(24)20(30-14-22(26)27)13-21(19)31(28,29)16-23/h6-10,12-13H,3-5,11,14-16H2,1-2H3,(H,26,27)/t23-/m0/s1. The molecule has 8 heteroatoms. The number of anilines is 2. The molecule has 0 spiro atoms. The van der Waals surface area contributed by atoms with Crippen molar-refractivity contribution < 1.29 is 23.1 Å². The monoisotopic (exact) mass is 509 g/mol. The van der Waals surface area contributed by atoms with Crippen LogP contribution >= 0.6 is 15.9 Å². The molecule has 31 heavy (non-hydrogen) atoms. The quantitative estimate of drug-likeness (QED) is 0.510. The largest absolute Gasteiger partial charge is 0.481 e. The Kier molecular flexibility index (Phi) is 7.31. The number of benzene rings is 2. The van der Waals surface area contributed by atoms with Crippen LogP contribution in [0.15, 0.2) is 51.8 Å². The van der Waals surface area contributed by atoms with Gasteiger partial charge in [0.25, 0.3) is 0 Å². The molecule has 3 rings (SSSR count). The zero-order chi connectivity index (χ0) is 22.6. The number of carbonyl (C=O) groups is 1. The van der Waals surface area contributed by atoms with Crippen LogP contribution in [-0.4, -0.2) is 38.4 Å². The molecule has 168 valence electrons. The van der Waals surface area contributed by atoms with Gasteiger partial charge in [0.15, 0.2) is 16.4 Å². The molecule has 0 fully saturated rings. The minimum atomic E-state index is -3.64. The zero-order valence-corrected chi connectivity index (χ0v) is 20.2. The smallest absolute Gasteiger partial charge is 0.341 e. The average Bonchev–Trinajstić information content (AvgIpc) is 2.83. The molecular formula is C23H28BrNO5S. The van der Waals surface area contributed by atoms with Crippen molar-refractivity contribution in [3.05, 3.63) is 46.9 Å². The number of halogens is 1. The third-order valence-corrected chi connectivity index (χ3v) is 8.47. The highest BCUT2D eigenvalue weighted by atomic mass is 79.9. The molecule has 1 heterocycles. The Hall–Kier alpha value is -2.06. The molecule has 1 aliphatic rings. The molecule has 0 unspecified atom stereocenters. The Labute approximate surface area is 192 Å². The summed E-state index contributed by atoms with van der Waals surface area (Å²) in [6.45, 7) is 4.21. The molecular weight excluding hydrogens is 482 g/mol. The lowest BCUT2D eigenvalue weighted by molar-refractivity contribution is -0.139. The Morgan fingerprint density at radius 1 is 1.23 bits per heavy atom. The second kappa shape index (κ2) is 9.61. The Balaban J connectivity index is 2.20. The van der Waals surface area contributed by atoms with Crippen molar-refractivity contribution in [3.8, 4) is 5.75 Å². The lowest BCUT2D eigenvalue weighted by Crippen LogP contribution is -2.37. The summed E-state index contributed by atoms with van der Waals surface area (Å²) in [4.78, 5) is 13.2. The molecule has 2 aromatic carbocycles. The van der Waals surface area contributed by atoms with E-state index in [0.717, 1.165) is 31.4 Å². The number of carboxylic acids is 1. The second-order valence-corrected chi connectivity index (χ2v) is 10.9. The average molecular weight is 510 g/mol. The molecule has 0 aromatic heterocycles. The highest BCUT2D eigenvalue weighted by molar-refractivity contribution is 9.10. The van der Waals surface area contributed by atoms with Crippen LogP contribution in [0.1, 0.15) is 39.5 Å². The molecule has 0 radical (unpaired) electrons. The van der Waals surface area contributed by atoms with Crippen molar-refractivity contribution in [1.29, 1.82) is 0 Å². The molecule has 1 N–H and O–H groups in total. The maximum atomic E-state index is 13.6. The maximum Gasteiger partial charge on any atom is 0.341 e. The summed E-state index contributed by atoms with van der Waals surface area (Å²) in [5, 5.41) is 8.96.